The minimum atomic E-state index is -0.802. The fourth-order valence-electron chi connectivity index (χ4n) is 2.05. The Morgan fingerprint density at radius 3 is 2.50 bits per heavy atom. The van der Waals surface area contributed by atoms with Gasteiger partial charge in [0, 0.05) is 13.5 Å². The number of hydrogen-bond donors (Lipinski definition) is 1. The highest BCUT2D eigenvalue weighted by Gasteiger charge is 2.26. The van der Waals surface area contributed by atoms with Crippen LogP contribution in [-0.4, -0.2) is 32.1 Å². The molecular formula is C16H20N2O4. The van der Waals surface area contributed by atoms with Crippen molar-refractivity contribution in [2.24, 2.45) is 0 Å². The molecule has 1 N–H and O–H groups in total. The summed E-state index contributed by atoms with van der Waals surface area (Å²) in [6, 6.07) is 10.2. The van der Waals surface area contributed by atoms with Gasteiger partial charge in [0.1, 0.15) is 6.04 Å². The molecule has 2 atom stereocenters. The molecule has 22 heavy (non-hydrogen) atoms. The number of benzene rings is 1. The van der Waals surface area contributed by atoms with Gasteiger partial charge in [-0.3, -0.25) is 4.79 Å². The van der Waals surface area contributed by atoms with Gasteiger partial charge in [0.2, 0.25) is 0 Å². The van der Waals surface area contributed by atoms with Crippen molar-refractivity contribution in [3.05, 3.63) is 35.9 Å². The third-order valence-electron chi connectivity index (χ3n) is 3.16. The molecule has 1 aromatic carbocycles. The van der Waals surface area contributed by atoms with Gasteiger partial charge in [-0.2, -0.15) is 5.26 Å². The molecule has 0 aromatic heterocycles. The van der Waals surface area contributed by atoms with Crippen molar-refractivity contribution in [1.82, 2.24) is 5.32 Å². The van der Waals surface area contributed by atoms with E-state index in [2.05, 4.69) is 10.1 Å². The van der Waals surface area contributed by atoms with Crippen molar-refractivity contribution < 1.29 is 19.1 Å². The molecule has 0 bridgehead atoms. The summed E-state index contributed by atoms with van der Waals surface area (Å²) < 4.78 is 9.91. The van der Waals surface area contributed by atoms with Gasteiger partial charge >= 0.3 is 5.97 Å². The number of esters is 1. The average molecular weight is 304 g/mol. The van der Waals surface area contributed by atoms with Crippen LogP contribution < -0.4 is 5.32 Å². The molecule has 0 aliphatic heterocycles. The second kappa shape index (κ2) is 9.53. The molecule has 1 rings (SSSR count). The van der Waals surface area contributed by atoms with E-state index in [-0.39, 0.29) is 0 Å². The Bertz CT molecular complexity index is 525. The van der Waals surface area contributed by atoms with Crippen molar-refractivity contribution in [3.63, 3.8) is 0 Å². The Morgan fingerprint density at radius 2 is 1.95 bits per heavy atom. The van der Waals surface area contributed by atoms with E-state index in [1.54, 1.807) is 24.3 Å². The lowest BCUT2D eigenvalue weighted by Crippen LogP contribution is -2.44. The van der Waals surface area contributed by atoms with Gasteiger partial charge in [0.05, 0.1) is 13.2 Å². The summed E-state index contributed by atoms with van der Waals surface area (Å²) in [5.41, 5.74) is 0.697. The number of nitriles is 1. The standard InChI is InChI=1S/C16H20N2O4/c1-21-14(12-8-4-3-5-9-12)15(19)18-13(16(20)22-2)10-6-7-11-17/h3-5,8-9,13-14H,6-7,10H2,1-2H3,(H,18,19)/t13-,14-/m0/s1. The van der Waals surface area contributed by atoms with E-state index in [1.165, 1.54) is 14.2 Å². The summed E-state index contributed by atoms with van der Waals surface area (Å²) >= 11 is 0. The first kappa shape index (κ1) is 17.7. The van der Waals surface area contributed by atoms with Crippen LogP contribution in [0.3, 0.4) is 0 Å². The maximum atomic E-state index is 12.3. The fourth-order valence-corrected chi connectivity index (χ4v) is 2.05. The lowest BCUT2D eigenvalue weighted by atomic mass is 10.1. The van der Waals surface area contributed by atoms with E-state index in [9.17, 15) is 9.59 Å². The van der Waals surface area contributed by atoms with Gasteiger partial charge in [-0.05, 0) is 18.4 Å². The quantitative estimate of drug-likeness (QED) is 0.583. The van der Waals surface area contributed by atoms with E-state index in [0.29, 0.717) is 24.8 Å². The Hall–Kier alpha value is -2.39. The van der Waals surface area contributed by atoms with E-state index < -0.39 is 24.0 Å². The predicted molar refractivity (Wildman–Crippen MR) is 79.6 cm³/mol. The van der Waals surface area contributed by atoms with Gasteiger partial charge in [-0.15, -0.1) is 0 Å². The fraction of sp³-hybridized carbons (Fsp3) is 0.438. The smallest absolute Gasteiger partial charge is 0.328 e. The zero-order valence-electron chi connectivity index (χ0n) is 12.7. The molecule has 118 valence electrons. The molecule has 1 aromatic rings. The molecule has 1 amide bonds. The van der Waals surface area contributed by atoms with Gasteiger partial charge in [0.15, 0.2) is 6.10 Å². The van der Waals surface area contributed by atoms with Crippen molar-refractivity contribution in [1.29, 1.82) is 5.26 Å². The molecule has 6 nitrogen and oxygen atoms in total. The first-order valence-corrected chi connectivity index (χ1v) is 6.97. The summed E-state index contributed by atoms with van der Waals surface area (Å²) in [7, 11) is 2.69. The van der Waals surface area contributed by atoms with Crippen LogP contribution in [0.5, 0.6) is 0 Å². The molecule has 0 heterocycles. The highest BCUT2D eigenvalue weighted by Crippen LogP contribution is 2.17. The largest absolute Gasteiger partial charge is 0.467 e. The minimum absolute atomic E-state index is 0.315. The van der Waals surface area contributed by atoms with Crippen molar-refractivity contribution in [2.75, 3.05) is 14.2 Å². The van der Waals surface area contributed by atoms with Crippen LogP contribution in [0.15, 0.2) is 30.3 Å². The normalized spacial score (nSPS) is 12.8. The molecular weight excluding hydrogens is 284 g/mol. The maximum Gasteiger partial charge on any atom is 0.328 e. The number of hydrogen-bond acceptors (Lipinski definition) is 5. The topological polar surface area (TPSA) is 88.4 Å². The predicted octanol–water partition coefficient (Wildman–Crippen LogP) is 1.73. The van der Waals surface area contributed by atoms with E-state index in [1.807, 2.05) is 12.1 Å². The monoisotopic (exact) mass is 304 g/mol. The number of carbonyl (C=O) groups excluding carboxylic acids is 2. The second-order valence-corrected chi connectivity index (χ2v) is 4.66. The maximum absolute atomic E-state index is 12.3. The van der Waals surface area contributed by atoms with Crippen molar-refractivity contribution in [3.8, 4) is 6.07 Å². The Morgan fingerprint density at radius 1 is 1.27 bits per heavy atom. The summed E-state index contributed by atoms with van der Waals surface area (Å²) in [5.74, 6) is -0.949. The third-order valence-corrected chi connectivity index (χ3v) is 3.16. The lowest BCUT2D eigenvalue weighted by molar-refractivity contribution is -0.147. The first-order valence-electron chi connectivity index (χ1n) is 6.97. The third kappa shape index (κ3) is 5.19. The number of methoxy groups -OCH3 is 2. The average Bonchev–Trinajstić information content (AvgIpc) is 2.55. The molecule has 0 aliphatic rings. The van der Waals surface area contributed by atoms with E-state index >= 15 is 0 Å². The summed E-state index contributed by atoms with van der Waals surface area (Å²) in [6.45, 7) is 0. The molecule has 0 aliphatic carbocycles. The molecule has 0 fully saturated rings. The number of rotatable bonds is 8. The molecule has 0 unspecified atom stereocenters. The van der Waals surface area contributed by atoms with Gasteiger partial charge in [-0.25, -0.2) is 4.79 Å². The van der Waals surface area contributed by atoms with Crippen LogP contribution in [0.2, 0.25) is 0 Å². The van der Waals surface area contributed by atoms with Gasteiger partial charge in [0.25, 0.3) is 5.91 Å². The Balaban J connectivity index is 2.75. The number of nitrogens with one attached hydrogen (secondary N) is 1. The van der Waals surface area contributed by atoms with Crippen molar-refractivity contribution >= 4 is 11.9 Å². The SMILES string of the molecule is COC(=O)[C@H](CCCC#N)NC(=O)[C@@H](OC)c1ccccc1. The summed E-state index contributed by atoms with van der Waals surface area (Å²) in [4.78, 5) is 24.1. The van der Waals surface area contributed by atoms with E-state index in [4.69, 9.17) is 10.00 Å². The second-order valence-electron chi connectivity index (χ2n) is 4.66. The molecule has 0 spiro atoms. The number of unbranched alkanes of at least 4 members (excludes halogenated alkanes) is 1. The highest BCUT2D eigenvalue weighted by atomic mass is 16.5. The Kier molecular flexibility index (Phi) is 7.65. The Labute approximate surface area is 130 Å². The van der Waals surface area contributed by atoms with Crippen LogP contribution in [-0.2, 0) is 19.1 Å². The highest BCUT2D eigenvalue weighted by molar-refractivity contribution is 5.87. The number of ether oxygens (including phenoxy) is 2. The van der Waals surface area contributed by atoms with Crippen LogP contribution in [0.1, 0.15) is 30.9 Å². The lowest BCUT2D eigenvalue weighted by Gasteiger charge is -2.20. The van der Waals surface area contributed by atoms with E-state index in [0.717, 1.165) is 0 Å². The molecule has 0 saturated heterocycles. The van der Waals surface area contributed by atoms with Crippen LogP contribution in [0.25, 0.3) is 0 Å². The molecule has 0 saturated carbocycles. The van der Waals surface area contributed by atoms with Gasteiger partial charge < -0.3 is 14.8 Å². The van der Waals surface area contributed by atoms with Gasteiger partial charge in [-0.1, -0.05) is 30.3 Å². The number of amides is 1. The zero-order chi connectivity index (χ0) is 16.4. The molecule has 0 radical (unpaired) electrons. The number of nitrogens with zero attached hydrogens (tertiary/aromatic N) is 1. The zero-order valence-corrected chi connectivity index (χ0v) is 12.7. The summed E-state index contributed by atoms with van der Waals surface area (Å²) in [5, 5.41) is 11.2. The van der Waals surface area contributed by atoms with Crippen LogP contribution in [0.4, 0.5) is 0 Å². The molecule has 6 heteroatoms. The minimum Gasteiger partial charge on any atom is -0.467 e. The first-order chi connectivity index (χ1) is 10.6. The van der Waals surface area contributed by atoms with Crippen molar-refractivity contribution in [2.45, 2.75) is 31.4 Å². The van der Waals surface area contributed by atoms with Crippen LogP contribution >= 0.6 is 0 Å². The number of carbonyl (C=O) groups is 2. The summed E-state index contributed by atoms with van der Waals surface area (Å²) in [6.07, 6.45) is 0.358. The van der Waals surface area contributed by atoms with Crippen LogP contribution in [0, 0.1) is 11.3 Å².